The van der Waals surface area contributed by atoms with Gasteiger partial charge in [-0.2, -0.15) is 4.98 Å². The van der Waals surface area contributed by atoms with Crippen LogP contribution in [0.5, 0.6) is 0 Å². The molecule has 1 aromatic rings. The van der Waals surface area contributed by atoms with E-state index in [9.17, 15) is 4.79 Å². The molecule has 1 aliphatic rings. The van der Waals surface area contributed by atoms with Crippen LogP contribution in [0.3, 0.4) is 0 Å². The van der Waals surface area contributed by atoms with Gasteiger partial charge < -0.3 is 16.0 Å². The van der Waals surface area contributed by atoms with Gasteiger partial charge in [0, 0.05) is 19.3 Å². The van der Waals surface area contributed by atoms with Crippen LogP contribution in [-0.2, 0) is 0 Å². The summed E-state index contributed by atoms with van der Waals surface area (Å²) in [7, 11) is 0. The van der Waals surface area contributed by atoms with Gasteiger partial charge in [-0.25, -0.2) is 4.79 Å². The first-order valence-electron chi connectivity index (χ1n) is 3.31. The largest absolute Gasteiger partial charge is 0.383 e. The van der Waals surface area contributed by atoms with Crippen molar-refractivity contribution in [3.05, 3.63) is 22.7 Å². The summed E-state index contributed by atoms with van der Waals surface area (Å²) in [5.41, 5.74) is 4.72. The van der Waals surface area contributed by atoms with Crippen LogP contribution in [0.25, 0.3) is 0 Å². The first-order valence-corrected chi connectivity index (χ1v) is 3.31. The third-order valence-electron chi connectivity index (χ3n) is 0.942. The fraction of sp³-hybridized carbons (Fsp3) is 0.333. The topological polar surface area (TPSA) is 93.7 Å². The average molecular weight is 154 g/mol. The van der Waals surface area contributed by atoms with E-state index >= 15 is 0 Å². The Bertz CT molecular complexity index is 265. The van der Waals surface area contributed by atoms with E-state index in [1.165, 1.54) is 25.4 Å². The minimum absolute atomic E-state index is 0.244. The molecule has 1 aromatic heterocycles. The maximum Gasteiger partial charge on any atom is 0.346 e. The molecule has 0 aliphatic carbocycles. The minimum atomic E-state index is -0.412. The molecule has 60 valence electrons. The Labute approximate surface area is 63.7 Å². The molecule has 0 unspecified atom stereocenters. The van der Waals surface area contributed by atoms with Crippen LogP contribution in [-0.4, -0.2) is 23.1 Å². The van der Waals surface area contributed by atoms with E-state index in [-0.39, 0.29) is 5.82 Å². The van der Waals surface area contributed by atoms with Gasteiger partial charge in [0.1, 0.15) is 5.82 Å². The second kappa shape index (κ2) is 3.72. The van der Waals surface area contributed by atoms with Crippen molar-refractivity contribution < 1.29 is 0 Å². The highest BCUT2D eigenvalue weighted by molar-refractivity contribution is 5.22. The average Bonchev–Trinajstić information content (AvgIpc) is 2.69. The highest BCUT2D eigenvalue weighted by Crippen LogP contribution is 1.82. The first-order chi connectivity index (χ1) is 5.29. The van der Waals surface area contributed by atoms with Crippen molar-refractivity contribution in [3.63, 3.8) is 0 Å². The van der Waals surface area contributed by atoms with Crippen LogP contribution in [0.2, 0.25) is 0 Å². The molecule has 0 aromatic carbocycles. The Hall–Kier alpha value is -1.36. The van der Waals surface area contributed by atoms with E-state index in [0.717, 1.165) is 0 Å². The molecular weight excluding hydrogens is 144 g/mol. The van der Waals surface area contributed by atoms with Crippen molar-refractivity contribution in [1.29, 1.82) is 0 Å². The lowest BCUT2D eigenvalue weighted by Crippen LogP contribution is -2.10. The minimum Gasteiger partial charge on any atom is -0.383 e. The number of aromatic nitrogens is 2. The van der Waals surface area contributed by atoms with Gasteiger partial charge in [-0.1, -0.05) is 0 Å². The number of hydrogen-bond acceptors (Lipinski definition) is 4. The van der Waals surface area contributed by atoms with E-state index in [1.54, 1.807) is 0 Å². The number of rotatable bonds is 0. The Balaban J connectivity index is 0.000000167. The number of aromatic amines is 1. The highest BCUT2D eigenvalue weighted by Gasteiger charge is 1.91. The van der Waals surface area contributed by atoms with Crippen LogP contribution in [0.1, 0.15) is 0 Å². The quantitative estimate of drug-likeness (QED) is 0.415. The predicted octanol–water partition coefficient (Wildman–Crippen LogP) is -1.06. The molecule has 2 heterocycles. The van der Waals surface area contributed by atoms with Gasteiger partial charge in [0.05, 0.1) is 0 Å². The number of H-pyrrole nitrogens is 1. The molecule has 0 spiro atoms. The fourth-order valence-corrected chi connectivity index (χ4v) is 0.385. The van der Waals surface area contributed by atoms with Crippen molar-refractivity contribution in [2.45, 2.75) is 0 Å². The van der Waals surface area contributed by atoms with Crippen molar-refractivity contribution in [2.75, 3.05) is 18.8 Å². The summed E-state index contributed by atoms with van der Waals surface area (Å²) in [6.07, 6.45) is 1.45. The molecule has 4 N–H and O–H groups in total. The third kappa shape index (κ3) is 4.10. The van der Waals surface area contributed by atoms with Crippen molar-refractivity contribution >= 4 is 5.82 Å². The van der Waals surface area contributed by atoms with Crippen LogP contribution in [0, 0.1) is 0 Å². The van der Waals surface area contributed by atoms with Crippen LogP contribution in [0.15, 0.2) is 17.1 Å². The maximum absolute atomic E-state index is 10.2. The van der Waals surface area contributed by atoms with Crippen LogP contribution < -0.4 is 16.7 Å². The molecule has 1 fully saturated rings. The van der Waals surface area contributed by atoms with Crippen LogP contribution >= 0.6 is 0 Å². The number of nitrogens with two attached hydrogens (primary N) is 1. The zero-order chi connectivity index (χ0) is 8.10. The smallest absolute Gasteiger partial charge is 0.346 e. The Morgan fingerprint density at radius 3 is 2.45 bits per heavy atom. The zero-order valence-corrected chi connectivity index (χ0v) is 6.00. The van der Waals surface area contributed by atoms with Gasteiger partial charge in [-0.3, -0.25) is 0 Å². The third-order valence-corrected chi connectivity index (χ3v) is 0.942. The standard InChI is InChI=1S/C4H5N3O.C2H5N/c5-3-1-2-6-4(8)7-3;1-2-3-1/h1-2H,(H3,5,6,7,8);3H,1-2H2. The molecule has 1 saturated heterocycles. The number of hydrogen-bond donors (Lipinski definition) is 3. The molecule has 11 heavy (non-hydrogen) atoms. The maximum atomic E-state index is 10.2. The molecule has 0 saturated carbocycles. The summed E-state index contributed by atoms with van der Waals surface area (Å²) in [5.74, 6) is 0.244. The van der Waals surface area contributed by atoms with Crippen molar-refractivity contribution in [1.82, 2.24) is 15.3 Å². The molecule has 0 amide bonds. The van der Waals surface area contributed by atoms with E-state index in [0.29, 0.717) is 0 Å². The lowest BCUT2D eigenvalue weighted by Gasteiger charge is -1.83. The van der Waals surface area contributed by atoms with E-state index in [2.05, 4.69) is 15.3 Å². The Kier molecular flexibility index (Phi) is 2.62. The fourth-order valence-electron chi connectivity index (χ4n) is 0.385. The molecule has 0 atom stereocenters. The predicted molar refractivity (Wildman–Crippen MR) is 42.1 cm³/mol. The van der Waals surface area contributed by atoms with Gasteiger partial charge in [0.25, 0.3) is 0 Å². The summed E-state index contributed by atoms with van der Waals surface area (Å²) >= 11 is 0. The molecule has 5 heteroatoms. The van der Waals surface area contributed by atoms with E-state index in [1.807, 2.05) is 0 Å². The summed E-state index contributed by atoms with van der Waals surface area (Å²) in [6.45, 7) is 2.50. The molecular formula is C6H10N4O. The summed E-state index contributed by atoms with van der Waals surface area (Å²) in [5, 5.41) is 3.00. The van der Waals surface area contributed by atoms with Gasteiger partial charge >= 0.3 is 5.69 Å². The second-order valence-corrected chi connectivity index (χ2v) is 2.07. The van der Waals surface area contributed by atoms with Gasteiger partial charge in [-0.05, 0) is 6.07 Å². The van der Waals surface area contributed by atoms with Crippen molar-refractivity contribution in [2.24, 2.45) is 0 Å². The van der Waals surface area contributed by atoms with Gasteiger partial charge in [-0.15, -0.1) is 0 Å². The number of nitrogens with zero attached hydrogens (tertiary/aromatic N) is 1. The lowest BCUT2D eigenvalue weighted by molar-refractivity contribution is 1.08. The number of nitrogens with one attached hydrogen (secondary N) is 2. The summed E-state index contributed by atoms with van der Waals surface area (Å²) in [4.78, 5) is 15.9. The zero-order valence-electron chi connectivity index (χ0n) is 6.00. The lowest BCUT2D eigenvalue weighted by atomic mass is 10.6. The highest BCUT2D eigenvalue weighted by atomic mass is 16.1. The molecule has 2 rings (SSSR count). The van der Waals surface area contributed by atoms with E-state index < -0.39 is 5.69 Å². The van der Waals surface area contributed by atoms with Crippen LogP contribution in [0.4, 0.5) is 5.82 Å². The van der Waals surface area contributed by atoms with Crippen molar-refractivity contribution in [3.8, 4) is 0 Å². The van der Waals surface area contributed by atoms with Gasteiger partial charge in [0.15, 0.2) is 0 Å². The molecule has 0 bridgehead atoms. The molecule has 5 nitrogen and oxygen atoms in total. The van der Waals surface area contributed by atoms with Gasteiger partial charge in [0.2, 0.25) is 0 Å². The normalized spacial score (nSPS) is 13.1. The number of anilines is 1. The van der Waals surface area contributed by atoms with E-state index in [4.69, 9.17) is 5.73 Å². The second-order valence-electron chi connectivity index (χ2n) is 2.07. The molecule has 0 radical (unpaired) electrons. The molecule has 1 aliphatic heterocycles. The Morgan fingerprint density at radius 2 is 2.18 bits per heavy atom. The summed E-state index contributed by atoms with van der Waals surface area (Å²) in [6, 6.07) is 1.52. The monoisotopic (exact) mass is 154 g/mol. The number of nitrogen functional groups attached to an aromatic ring is 1. The summed E-state index contributed by atoms with van der Waals surface area (Å²) < 4.78 is 0. The first kappa shape index (κ1) is 7.74. The SMILES string of the molecule is C1CN1.Nc1cc[nH]c(=O)n1. The Morgan fingerprint density at radius 1 is 1.55 bits per heavy atom.